The van der Waals surface area contributed by atoms with Crippen LogP contribution in [0.25, 0.3) is 10.9 Å². The van der Waals surface area contributed by atoms with Crippen LogP contribution in [-0.2, 0) is 46.3 Å². The van der Waals surface area contributed by atoms with Gasteiger partial charge in [-0.05, 0) is 48.8 Å². The van der Waals surface area contributed by atoms with Crippen molar-refractivity contribution in [2.75, 3.05) is 19.7 Å². The maximum atomic E-state index is 11.8. The highest BCUT2D eigenvalue weighted by Gasteiger charge is 2.23. The molecule has 0 radical (unpaired) electrons. The number of aliphatic hydroxyl groups excluding tert-OH is 1. The summed E-state index contributed by atoms with van der Waals surface area (Å²) in [6.07, 6.45) is 3.80. The van der Waals surface area contributed by atoms with Crippen molar-refractivity contribution in [2.45, 2.75) is 76.2 Å². The van der Waals surface area contributed by atoms with E-state index >= 15 is 0 Å². The third-order valence-corrected chi connectivity index (χ3v) is 7.24. The fourth-order valence-electron chi connectivity index (χ4n) is 4.15. The summed E-state index contributed by atoms with van der Waals surface area (Å²) in [5.74, 6) is -5.29. The molecule has 3 aromatic rings. The number of benzene rings is 2. The molecule has 5 atom stereocenters. The monoisotopic (exact) mass is 836 g/mol. The Morgan fingerprint density at radius 2 is 1.22 bits per heavy atom. The van der Waals surface area contributed by atoms with E-state index in [4.69, 9.17) is 70.4 Å². The third-order valence-electron chi connectivity index (χ3n) is 7.24. The van der Waals surface area contributed by atoms with E-state index in [1.165, 1.54) is 0 Å². The molecular formula is C37H60N10O12. The van der Waals surface area contributed by atoms with Crippen molar-refractivity contribution in [3.05, 3.63) is 71.9 Å². The summed E-state index contributed by atoms with van der Waals surface area (Å²) < 4.78 is 4.71. The lowest BCUT2D eigenvalue weighted by Crippen LogP contribution is -2.40. The number of hydrogen-bond donors (Lipinski definition) is 14. The molecule has 1 heterocycles. The summed E-state index contributed by atoms with van der Waals surface area (Å²) in [5, 5.41) is 41.6. The Kier molecular flexibility index (Phi) is 29.0. The van der Waals surface area contributed by atoms with Crippen molar-refractivity contribution in [1.82, 2.24) is 4.98 Å². The van der Waals surface area contributed by atoms with E-state index in [-0.39, 0.29) is 18.9 Å². The molecule has 0 saturated heterocycles. The van der Waals surface area contributed by atoms with E-state index < -0.39 is 72.6 Å². The highest BCUT2D eigenvalue weighted by atomic mass is 16.6. The molecular weight excluding hydrogens is 776 g/mol. The number of esters is 2. The van der Waals surface area contributed by atoms with Crippen LogP contribution in [0.4, 0.5) is 0 Å². The Morgan fingerprint density at radius 1 is 0.712 bits per heavy atom. The van der Waals surface area contributed by atoms with Gasteiger partial charge in [0.05, 0.1) is 13.2 Å². The molecule has 0 spiro atoms. The number of aliphatic hydroxyl groups is 1. The zero-order valence-corrected chi connectivity index (χ0v) is 33.1. The molecule has 330 valence electrons. The van der Waals surface area contributed by atoms with Gasteiger partial charge in [-0.2, -0.15) is 0 Å². The first-order valence-electron chi connectivity index (χ1n) is 18.0. The number of aliphatic imine (C=N–C) groups is 1. The zero-order valence-electron chi connectivity index (χ0n) is 33.1. The van der Waals surface area contributed by atoms with Gasteiger partial charge in [-0.3, -0.25) is 24.2 Å². The molecule has 1 aromatic heterocycles. The third kappa shape index (κ3) is 27.3. The number of H-pyrrole nitrogens is 1. The molecule has 22 nitrogen and oxygen atoms in total. The van der Waals surface area contributed by atoms with E-state index in [1.807, 2.05) is 74.6 Å². The van der Waals surface area contributed by atoms with Crippen LogP contribution in [-0.4, -0.2) is 122 Å². The molecule has 3 rings (SSSR count). The molecule has 22 N–H and O–H groups in total. The number of carbonyl (C=O) groups excluding carboxylic acids is 2. The minimum atomic E-state index is -1.18. The lowest BCUT2D eigenvalue weighted by molar-refractivity contribution is -0.161. The number of nitrogens with one attached hydrogen (secondary N) is 1. The number of nitrogens with zero attached hydrogens (tertiary/aromatic N) is 1. The smallest absolute Gasteiger partial charge is 0.330 e. The van der Waals surface area contributed by atoms with Crippen molar-refractivity contribution < 1.29 is 59.0 Å². The number of fused-ring (bicyclic) bond motifs is 1. The van der Waals surface area contributed by atoms with E-state index in [9.17, 15) is 28.8 Å². The van der Waals surface area contributed by atoms with Crippen LogP contribution in [0, 0.1) is 5.92 Å². The fourth-order valence-corrected chi connectivity index (χ4v) is 4.15. The molecule has 59 heavy (non-hydrogen) atoms. The predicted octanol–water partition coefficient (Wildman–Crippen LogP) is -2.01. The second kappa shape index (κ2) is 31.0. The van der Waals surface area contributed by atoms with Crippen molar-refractivity contribution in [2.24, 2.45) is 56.8 Å². The second-order valence-corrected chi connectivity index (χ2v) is 12.9. The Labute approximate surface area is 340 Å². The van der Waals surface area contributed by atoms with Crippen molar-refractivity contribution in [3.8, 4) is 0 Å². The van der Waals surface area contributed by atoms with Gasteiger partial charge in [-0.15, -0.1) is 0 Å². The van der Waals surface area contributed by atoms with E-state index in [1.54, 1.807) is 0 Å². The number of hydrogen-bond acceptors (Lipinski definition) is 15. The summed E-state index contributed by atoms with van der Waals surface area (Å²) in [5.41, 5.74) is 44.6. The zero-order chi connectivity index (χ0) is 45.7. The lowest BCUT2D eigenvalue weighted by Gasteiger charge is -2.13. The molecule has 0 aliphatic carbocycles. The highest BCUT2D eigenvalue weighted by Crippen LogP contribution is 2.18. The summed E-state index contributed by atoms with van der Waals surface area (Å²) in [6, 6.07) is 12.5. The molecule has 0 amide bonds. The molecule has 22 heteroatoms. The molecule has 0 fully saturated rings. The SMILES string of the molecule is CC(C)C[C@H](N)C(=O)O.NC(N)=NCCC[C@H](N)C(=O)OC(=O)[C@@H](N)Cc1ccccc1.NCC(=O)O.N[C@@H](CO)C(=O)O.N[C@@H](Cc1c[nH]c2ccccc12)C(=O)O. The van der Waals surface area contributed by atoms with Crippen molar-refractivity contribution in [3.63, 3.8) is 0 Å². The Hall–Kier alpha value is -6.01. The average Bonchev–Trinajstić information content (AvgIpc) is 3.59. The number of nitrogens with two attached hydrogens (primary N) is 8. The van der Waals surface area contributed by atoms with Crippen molar-refractivity contribution in [1.29, 1.82) is 0 Å². The number of carboxylic acids is 4. The van der Waals surface area contributed by atoms with Gasteiger partial charge >= 0.3 is 35.8 Å². The summed E-state index contributed by atoms with van der Waals surface area (Å²) in [6.45, 7) is 3.46. The number of aromatic nitrogens is 1. The Balaban J connectivity index is 0. The van der Waals surface area contributed by atoms with Crippen LogP contribution in [0.5, 0.6) is 0 Å². The van der Waals surface area contributed by atoms with Crippen LogP contribution in [0.15, 0.2) is 65.8 Å². The number of guanidine groups is 1. The van der Waals surface area contributed by atoms with Crippen LogP contribution in [0.2, 0.25) is 0 Å². The summed E-state index contributed by atoms with van der Waals surface area (Å²) in [4.78, 5) is 70.0. The van der Waals surface area contributed by atoms with Gasteiger partial charge in [0.1, 0.15) is 30.2 Å². The number of para-hydroxylation sites is 1. The van der Waals surface area contributed by atoms with Gasteiger partial charge in [0.25, 0.3) is 0 Å². The minimum Gasteiger partial charge on any atom is -0.480 e. The normalized spacial score (nSPS) is 12.6. The number of ether oxygens (including phenoxy) is 1. The topological polar surface area (TPSA) is 449 Å². The predicted molar refractivity (Wildman–Crippen MR) is 219 cm³/mol. The van der Waals surface area contributed by atoms with Gasteiger partial charge in [-0.25, -0.2) is 9.59 Å². The van der Waals surface area contributed by atoms with Gasteiger partial charge in [0, 0.05) is 30.1 Å². The Morgan fingerprint density at radius 3 is 1.66 bits per heavy atom. The Bertz CT molecular complexity index is 1740. The first kappa shape index (κ1) is 55.1. The standard InChI is InChI=1S/C15H23N5O3.C11H12N2O2.C6H13NO2.C3H7NO3.C2H5NO2/c16-11(7-4-8-20-15(18)19)13(21)23-14(22)12(17)9-10-5-2-1-3-6-10;12-9(11(14)15)5-7-6-13-10-4-2-1-3-8(7)10;1-4(2)3-5(7)6(8)9;4-2(1-5)3(6)7;3-1-2(4)5/h1-3,5-6,11-12H,4,7-9,16-17H2,(H4,18,19,20);1-4,6,9,13H,5,12H2,(H,14,15);4-5H,3,7H2,1-2H3,(H,8,9);2,5H,1,4H2,(H,6,7);1,3H2,(H,4,5)/t11-,12-;9-;5-;2-;/m0000./s1. The van der Waals surface area contributed by atoms with E-state index in [0.29, 0.717) is 38.1 Å². The molecule has 0 unspecified atom stereocenters. The number of aromatic amines is 1. The molecule has 0 saturated carbocycles. The number of aliphatic carboxylic acids is 4. The highest BCUT2D eigenvalue weighted by molar-refractivity contribution is 5.90. The molecule has 0 aliphatic heterocycles. The van der Waals surface area contributed by atoms with Gasteiger partial charge in [0.15, 0.2) is 5.96 Å². The quantitative estimate of drug-likeness (QED) is 0.0230. The van der Waals surface area contributed by atoms with Crippen LogP contribution < -0.4 is 45.9 Å². The largest absolute Gasteiger partial charge is 0.480 e. The van der Waals surface area contributed by atoms with Gasteiger partial charge < -0.3 is 81.1 Å². The van der Waals surface area contributed by atoms with Gasteiger partial charge in [-0.1, -0.05) is 62.4 Å². The first-order chi connectivity index (χ1) is 27.6. The second-order valence-electron chi connectivity index (χ2n) is 12.9. The maximum Gasteiger partial charge on any atom is 0.330 e. The van der Waals surface area contributed by atoms with Gasteiger partial charge in [0.2, 0.25) is 0 Å². The average molecular weight is 837 g/mol. The maximum absolute atomic E-state index is 11.8. The van der Waals surface area contributed by atoms with Crippen molar-refractivity contribution >= 4 is 52.7 Å². The summed E-state index contributed by atoms with van der Waals surface area (Å²) >= 11 is 0. The number of rotatable bonds is 17. The van der Waals surface area contributed by atoms with E-state index in [0.717, 1.165) is 22.0 Å². The van der Waals surface area contributed by atoms with Crippen LogP contribution in [0.3, 0.4) is 0 Å². The first-order valence-corrected chi connectivity index (χ1v) is 18.0. The molecule has 0 bridgehead atoms. The number of carboxylic acid groups (broad SMARTS) is 4. The fraction of sp³-hybridized carbons (Fsp3) is 0.432. The number of carbonyl (C=O) groups is 6. The lowest BCUT2D eigenvalue weighted by atomic mass is 10.1. The van der Waals surface area contributed by atoms with E-state index in [2.05, 4.69) is 15.7 Å². The molecule has 2 aromatic carbocycles. The van der Waals surface area contributed by atoms with Crippen LogP contribution >= 0.6 is 0 Å². The van der Waals surface area contributed by atoms with Crippen LogP contribution in [0.1, 0.15) is 44.2 Å². The molecule has 0 aliphatic rings. The summed E-state index contributed by atoms with van der Waals surface area (Å²) in [7, 11) is 0. The minimum absolute atomic E-state index is 0.0248.